The van der Waals surface area contributed by atoms with Crippen LogP contribution in [0.2, 0.25) is 111 Å². The molecule has 0 spiro atoms. The van der Waals surface area contributed by atoms with Gasteiger partial charge in [-0.25, -0.2) is 0 Å². The van der Waals surface area contributed by atoms with Crippen LogP contribution in [0.3, 0.4) is 0 Å². The molecule has 15 heteroatoms. The average Bonchev–Trinajstić information content (AvgIpc) is 2.34. The Kier molecular flexibility index (Phi) is 11.9. The minimum absolute atomic E-state index is 1.70. The van der Waals surface area contributed by atoms with Gasteiger partial charge in [0.05, 0.1) is 0 Å². The largest absolute Gasteiger partial charge is 0.437 e. The molecule has 0 aromatic rings. The smallest absolute Gasteiger partial charge is 0.314 e. The number of hydrogen-bond donors (Lipinski definition) is 0. The molecule has 0 atom stereocenters. The highest BCUT2D eigenvalue weighted by molar-refractivity contribution is 6.92. The van der Waals surface area contributed by atoms with Crippen LogP contribution in [0.5, 0.6) is 0 Å². The van der Waals surface area contributed by atoms with Gasteiger partial charge in [-0.1, -0.05) is 5.70 Å². The normalized spacial score (nSPS) is 15.6. The molecule has 0 rings (SSSR count). The molecule has 0 bridgehead atoms. The molecule has 0 aliphatic heterocycles. The van der Waals surface area contributed by atoms with Crippen LogP contribution >= 0.6 is 0 Å². The monoisotopic (exact) mass is 618 g/mol. The van der Waals surface area contributed by atoms with E-state index < -0.39 is 68.0 Å². The summed E-state index contributed by atoms with van der Waals surface area (Å²) in [6.45, 7) is 39.8. The quantitative estimate of drug-likeness (QED) is 0.182. The van der Waals surface area contributed by atoms with Gasteiger partial charge in [0.2, 0.25) is 0 Å². The van der Waals surface area contributed by atoms with Crippen molar-refractivity contribution in [3.8, 4) is 0 Å². The Labute approximate surface area is 219 Å². The summed E-state index contributed by atoms with van der Waals surface area (Å²) >= 11 is 0. The van der Waals surface area contributed by atoms with Crippen LogP contribution in [0.4, 0.5) is 0 Å². The van der Waals surface area contributed by atoms with Crippen molar-refractivity contribution in [2.45, 2.75) is 111 Å². The first kappa shape index (κ1) is 35.2. The van der Waals surface area contributed by atoms with Crippen LogP contribution in [0.1, 0.15) is 0 Å². The third-order valence-corrected chi connectivity index (χ3v) is 33.1. The molecule has 0 aromatic heterocycles. The summed E-state index contributed by atoms with van der Waals surface area (Å²) in [6, 6.07) is 0. The molecule has 0 aromatic carbocycles. The Bertz CT molecular complexity index is 689. The van der Waals surface area contributed by atoms with Crippen molar-refractivity contribution in [1.82, 2.24) is 0 Å². The molecule has 0 heterocycles. The van der Waals surface area contributed by atoms with Crippen LogP contribution in [-0.2, 0) is 28.8 Å². The van der Waals surface area contributed by atoms with Gasteiger partial charge in [0.15, 0.2) is 16.6 Å². The fraction of sp³-hybridized carbons (Fsp3) is 0.895. The molecule has 0 amide bonds. The van der Waals surface area contributed by atoms with E-state index in [1.165, 1.54) is 0 Å². The zero-order valence-corrected chi connectivity index (χ0v) is 33.1. The average molecular weight is 619 g/mol. The van der Waals surface area contributed by atoms with E-state index in [1.54, 1.807) is 0 Å². The molecule has 0 radical (unpaired) electrons. The Morgan fingerprint density at radius 1 is 0.353 bits per heavy atom. The fourth-order valence-corrected chi connectivity index (χ4v) is 42.7. The van der Waals surface area contributed by atoms with Gasteiger partial charge in [-0.05, 0) is 111 Å². The van der Waals surface area contributed by atoms with Crippen LogP contribution < -0.4 is 0 Å². The minimum atomic E-state index is -2.55. The lowest BCUT2D eigenvalue weighted by Gasteiger charge is -2.44. The lowest BCUT2D eigenvalue weighted by molar-refractivity contribution is 0.265. The number of hydrogen-bond acceptors (Lipinski definition) is 7. The van der Waals surface area contributed by atoms with Gasteiger partial charge in [0, 0.05) is 0 Å². The van der Waals surface area contributed by atoms with Crippen molar-refractivity contribution in [2.75, 3.05) is 0 Å². The highest BCUT2D eigenvalue weighted by Crippen LogP contribution is 2.29. The predicted molar refractivity (Wildman–Crippen MR) is 164 cm³/mol. The molecule has 0 saturated carbocycles. The zero-order valence-electron chi connectivity index (χ0n) is 25.1. The first-order chi connectivity index (χ1) is 14.5. The molecule has 0 unspecified atom stereocenters. The van der Waals surface area contributed by atoms with Crippen molar-refractivity contribution in [3.05, 3.63) is 12.3 Å². The van der Waals surface area contributed by atoms with Crippen molar-refractivity contribution < 1.29 is 28.8 Å². The lowest BCUT2D eigenvalue weighted by atomic mass is 11.3. The van der Waals surface area contributed by atoms with Crippen molar-refractivity contribution >= 4 is 68.0 Å². The highest BCUT2D eigenvalue weighted by Gasteiger charge is 2.48. The standard InChI is InChI=1S/C19H54O7Si8/c1-19-28(5,6)21-30(9,10)23-32(13,14)25-34(17,18)26-33(15,16)24-31(11,12)22-29(7,8)20-27(2,3)4/h19H,1H2,2-18H3. The predicted octanol–water partition coefficient (Wildman–Crippen LogP) is 7.08. The first-order valence-electron chi connectivity index (χ1n) is 12.1. The lowest BCUT2D eigenvalue weighted by Crippen LogP contribution is -2.61. The van der Waals surface area contributed by atoms with Crippen LogP contribution in [0.25, 0.3) is 0 Å². The molecule has 204 valence electrons. The third kappa shape index (κ3) is 16.1. The molecule has 0 fully saturated rings. The molecular weight excluding hydrogens is 565 g/mol. The van der Waals surface area contributed by atoms with Crippen molar-refractivity contribution in [1.29, 1.82) is 0 Å². The second kappa shape index (κ2) is 11.5. The second-order valence-electron chi connectivity index (χ2n) is 13.0. The zero-order chi connectivity index (χ0) is 27.7. The maximum Gasteiger partial charge on any atom is 0.314 e. The van der Waals surface area contributed by atoms with E-state index in [0.717, 1.165) is 0 Å². The summed E-state index contributed by atoms with van der Waals surface area (Å²) in [5, 5.41) is 0. The molecule has 0 aliphatic carbocycles. The Morgan fingerprint density at radius 3 is 0.765 bits per heavy atom. The SMILES string of the molecule is C=C[Si](C)(C)O[Si](C)(C)O[Si](C)(C)O[Si](C)(C)O[Si](C)(C)O[Si](C)(C)O[Si](C)(C)O[Si](C)(C)C. The minimum Gasteiger partial charge on any atom is -0.437 e. The van der Waals surface area contributed by atoms with E-state index in [4.69, 9.17) is 28.8 Å². The van der Waals surface area contributed by atoms with Crippen molar-refractivity contribution in [3.63, 3.8) is 0 Å². The molecule has 0 saturated heterocycles. The fourth-order valence-electron chi connectivity index (χ4n) is 4.50. The van der Waals surface area contributed by atoms with E-state index in [9.17, 15) is 0 Å². The van der Waals surface area contributed by atoms with Gasteiger partial charge < -0.3 is 28.8 Å². The first-order valence-corrected chi connectivity index (χ1v) is 35.3. The Morgan fingerprint density at radius 2 is 0.559 bits per heavy atom. The maximum absolute atomic E-state index is 6.64. The van der Waals surface area contributed by atoms with Gasteiger partial charge in [-0.3, -0.25) is 0 Å². The molecule has 0 aliphatic rings. The van der Waals surface area contributed by atoms with E-state index in [1.807, 2.05) is 5.70 Å². The Balaban J connectivity index is 5.31. The van der Waals surface area contributed by atoms with Gasteiger partial charge in [0.25, 0.3) is 0 Å². The molecule has 7 nitrogen and oxygen atoms in total. The summed E-state index contributed by atoms with van der Waals surface area (Å²) in [4.78, 5) is 0. The van der Waals surface area contributed by atoms with E-state index in [0.29, 0.717) is 0 Å². The van der Waals surface area contributed by atoms with Crippen LogP contribution in [-0.4, -0.2) is 68.0 Å². The Hall–Kier alpha value is 1.20. The van der Waals surface area contributed by atoms with E-state index >= 15 is 0 Å². The molecular formula is C19H54O7Si8. The van der Waals surface area contributed by atoms with Crippen LogP contribution in [0, 0.1) is 0 Å². The van der Waals surface area contributed by atoms with Gasteiger partial charge in [-0.15, -0.1) is 6.58 Å². The van der Waals surface area contributed by atoms with Crippen molar-refractivity contribution in [2.24, 2.45) is 0 Å². The van der Waals surface area contributed by atoms with Gasteiger partial charge >= 0.3 is 51.4 Å². The molecule has 0 N–H and O–H groups in total. The van der Waals surface area contributed by atoms with E-state index in [2.05, 4.69) is 118 Å². The highest BCUT2D eigenvalue weighted by atomic mass is 28.5. The second-order valence-corrected chi connectivity index (χ2v) is 43.4. The summed E-state index contributed by atoms with van der Waals surface area (Å²) < 4.78 is 45.8. The summed E-state index contributed by atoms with van der Waals surface area (Å²) in [6.07, 6.45) is 0. The van der Waals surface area contributed by atoms with Gasteiger partial charge in [0.1, 0.15) is 0 Å². The maximum atomic E-state index is 6.64. The molecule has 34 heavy (non-hydrogen) atoms. The topological polar surface area (TPSA) is 64.6 Å². The van der Waals surface area contributed by atoms with Gasteiger partial charge in [-0.2, -0.15) is 0 Å². The summed E-state index contributed by atoms with van der Waals surface area (Å²) in [5.41, 5.74) is 1.94. The van der Waals surface area contributed by atoms with E-state index in [-0.39, 0.29) is 0 Å². The van der Waals surface area contributed by atoms with Crippen LogP contribution in [0.15, 0.2) is 12.3 Å². The number of rotatable bonds is 15. The third-order valence-electron chi connectivity index (χ3n) is 4.01. The summed E-state index contributed by atoms with van der Waals surface area (Å²) in [5.74, 6) is 0. The summed E-state index contributed by atoms with van der Waals surface area (Å²) in [7, 11) is -18.4.